The average Bonchev–Trinajstić information content (AvgIpc) is 2.83. The van der Waals surface area contributed by atoms with Crippen LogP contribution in [0.1, 0.15) is 36.8 Å². The fourth-order valence-electron chi connectivity index (χ4n) is 3.04. The van der Waals surface area contributed by atoms with Crippen LogP contribution in [0.4, 0.5) is 0 Å². The van der Waals surface area contributed by atoms with Gasteiger partial charge in [-0.25, -0.2) is 5.43 Å². The first-order valence-corrected chi connectivity index (χ1v) is 7.91. The highest BCUT2D eigenvalue weighted by Crippen LogP contribution is 2.19. The topological polar surface area (TPSA) is 61.8 Å². The molecule has 1 fully saturated rings. The molecule has 2 aliphatic rings. The summed E-state index contributed by atoms with van der Waals surface area (Å²) in [7, 11) is 0. The fraction of sp³-hybridized carbons (Fsp3) is 0.471. The van der Waals surface area contributed by atoms with E-state index in [9.17, 15) is 9.59 Å². The van der Waals surface area contributed by atoms with Gasteiger partial charge in [0.2, 0.25) is 5.91 Å². The van der Waals surface area contributed by atoms with Gasteiger partial charge in [0.15, 0.2) is 0 Å². The van der Waals surface area contributed by atoms with E-state index >= 15 is 0 Å². The van der Waals surface area contributed by atoms with Crippen LogP contribution in [0, 0.1) is 0 Å². The molecule has 0 radical (unpaired) electrons. The quantitative estimate of drug-likeness (QED) is 0.863. The van der Waals surface area contributed by atoms with Crippen molar-refractivity contribution in [3.05, 3.63) is 35.4 Å². The molecular formula is C17H21N3O2. The van der Waals surface area contributed by atoms with E-state index in [1.807, 2.05) is 12.1 Å². The van der Waals surface area contributed by atoms with Gasteiger partial charge in [-0.3, -0.25) is 9.59 Å². The van der Waals surface area contributed by atoms with Crippen molar-refractivity contribution in [1.29, 1.82) is 0 Å². The number of likely N-dealkylation sites (tertiary alicyclic amines) is 1. The van der Waals surface area contributed by atoms with Crippen molar-refractivity contribution >= 4 is 17.5 Å². The number of carbonyl (C=O) groups is 2. The molecule has 1 aliphatic carbocycles. The SMILES string of the molecule is O=C(CN1CCCCCC1=O)NN=C1Cc2ccccc2C1. The molecule has 3 rings (SSSR count). The Hall–Kier alpha value is -2.17. The molecule has 0 bridgehead atoms. The van der Waals surface area contributed by atoms with Crippen LogP contribution >= 0.6 is 0 Å². The Balaban J connectivity index is 1.52. The van der Waals surface area contributed by atoms with E-state index in [1.165, 1.54) is 11.1 Å². The summed E-state index contributed by atoms with van der Waals surface area (Å²) >= 11 is 0. The second-order valence-corrected chi connectivity index (χ2v) is 5.96. The number of hydrogen-bond donors (Lipinski definition) is 1. The fourth-order valence-corrected chi connectivity index (χ4v) is 3.04. The maximum absolute atomic E-state index is 12.0. The summed E-state index contributed by atoms with van der Waals surface area (Å²) in [5, 5.41) is 4.23. The molecule has 0 spiro atoms. The number of nitrogens with one attached hydrogen (secondary N) is 1. The lowest BCUT2D eigenvalue weighted by atomic mass is 10.1. The molecule has 1 aromatic rings. The van der Waals surface area contributed by atoms with E-state index < -0.39 is 0 Å². The Morgan fingerprint density at radius 3 is 2.59 bits per heavy atom. The number of rotatable bonds is 3. The van der Waals surface area contributed by atoms with Crippen molar-refractivity contribution in [2.75, 3.05) is 13.1 Å². The third-order valence-corrected chi connectivity index (χ3v) is 4.25. The molecule has 1 saturated heterocycles. The van der Waals surface area contributed by atoms with Crippen LogP contribution in [0.3, 0.4) is 0 Å². The molecule has 0 atom stereocenters. The predicted molar refractivity (Wildman–Crippen MR) is 84.5 cm³/mol. The molecule has 22 heavy (non-hydrogen) atoms. The highest BCUT2D eigenvalue weighted by molar-refractivity contribution is 5.94. The standard InChI is InChI=1S/C17H21N3O2/c21-16(12-20-9-5-1-2-8-17(20)22)19-18-15-10-13-6-3-4-7-14(13)11-15/h3-4,6-7H,1-2,5,8-12H2,(H,19,21). The Labute approximate surface area is 130 Å². The summed E-state index contributed by atoms with van der Waals surface area (Å²) < 4.78 is 0. The van der Waals surface area contributed by atoms with Crippen molar-refractivity contribution in [2.45, 2.75) is 38.5 Å². The summed E-state index contributed by atoms with van der Waals surface area (Å²) in [6.07, 6.45) is 5.10. The van der Waals surface area contributed by atoms with Crippen molar-refractivity contribution in [3.63, 3.8) is 0 Å². The highest BCUT2D eigenvalue weighted by atomic mass is 16.2. The number of fused-ring (bicyclic) bond motifs is 1. The zero-order valence-corrected chi connectivity index (χ0v) is 12.7. The molecule has 1 heterocycles. The van der Waals surface area contributed by atoms with Gasteiger partial charge in [0.25, 0.3) is 5.91 Å². The van der Waals surface area contributed by atoms with Crippen molar-refractivity contribution < 1.29 is 9.59 Å². The van der Waals surface area contributed by atoms with Crippen molar-refractivity contribution in [3.8, 4) is 0 Å². The van der Waals surface area contributed by atoms with Gasteiger partial charge in [0, 0.05) is 31.5 Å². The zero-order valence-electron chi connectivity index (χ0n) is 12.7. The Morgan fingerprint density at radius 2 is 1.86 bits per heavy atom. The van der Waals surface area contributed by atoms with E-state index in [1.54, 1.807) is 4.90 Å². The molecular weight excluding hydrogens is 278 g/mol. The smallest absolute Gasteiger partial charge is 0.259 e. The number of carbonyl (C=O) groups excluding carboxylic acids is 2. The van der Waals surface area contributed by atoms with Gasteiger partial charge in [0.05, 0.1) is 0 Å². The number of hydrogen-bond acceptors (Lipinski definition) is 3. The second-order valence-electron chi connectivity index (χ2n) is 5.96. The number of amides is 2. The molecule has 5 heteroatoms. The largest absolute Gasteiger partial charge is 0.333 e. The molecule has 0 aromatic heterocycles. The molecule has 0 unspecified atom stereocenters. The number of hydrazone groups is 1. The summed E-state index contributed by atoms with van der Waals surface area (Å²) in [5.74, 6) is -0.132. The van der Waals surface area contributed by atoms with Crippen LogP contribution in [0.25, 0.3) is 0 Å². The first-order valence-electron chi connectivity index (χ1n) is 7.91. The average molecular weight is 299 g/mol. The molecule has 1 aliphatic heterocycles. The lowest BCUT2D eigenvalue weighted by Crippen LogP contribution is -2.39. The predicted octanol–water partition coefficient (Wildman–Crippen LogP) is 1.66. The Bertz CT molecular complexity index is 583. The Kier molecular flexibility index (Phi) is 4.51. The van der Waals surface area contributed by atoms with E-state index in [2.05, 4.69) is 22.7 Å². The first kappa shape index (κ1) is 14.8. The first-order chi connectivity index (χ1) is 10.7. The molecule has 1 N–H and O–H groups in total. The minimum Gasteiger partial charge on any atom is -0.333 e. The summed E-state index contributed by atoms with van der Waals surface area (Å²) in [6, 6.07) is 8.22. The Morgan fingerprint density at radius 1 is 1.14 bits per heavy atom. The molecule has 1 aromatic carbocycles. The van der Waals surface area contributed by atoms with Crippen molar-refractivity contribution in [1.82, 2.24) is 10.3 Å². The molecule has 116 valence electrons. The van der Waals surface area contributed by atoms with Crippen LogP contribution in [-0.2, 0) is 22.4 Å². The molecule has 5 nitrogen and oxygen atoms in total. The second kappa shape index (κ2) is 6.73. The van der Waals surface area contributed by atoms with E-state index in [4.69, 9.17) is 0 Å². The van der Waals surface area contributed by atoms with Crippen LogP contribution in [-0.4, -0.2) is 35.5 Å². The van der Waals surface area contributed by atoms with Gasteiger partial charge in [-0.1, -0.05) is 30.7 Å². The third kappa shape index (κ3) is 3.53. The van der Waals surface area contributed by atoms with Gasteiger partial charge in [-0.15, -0.1) is 0 Å². The van der Waals surface area contributed by atoms with E-state index in [0.717, 1.165) is 37.8 Å². The van der Waals surface area contributed by atoms with Crippen LogP contribution in [0.15, 0.2) is 29.4 Å². The maximum Gasteiger partial charge on any atom is 0.259 e. The van der Waals surface area contributed by atoms with Gasteiger partial charge in [-0.2, -0.15) is 5.10 Å². The maximum atomic E-state index is 12.0. The van der Waals surface area contributed by atoms with Gasteiger partial charge < -0.3 is 4.90 Å². The van der Waals surface area contributed by atoms with Gasteiger partial charge >= 0.3 is 0 Å². The zero-order chi connectivity index (χ0) is 15.4. The van der Waals surface area contributed by atoms with Crippen molar-refractivity contribution in [2.24, 2.45) is 5.10 Å². The van der Waals surface area contributed by atoms with Gasteiger partial charge in [0.1, 0.15) is 6.54 Å². The normalized spacial score (nSPS) is 17.9. The lowest BCUT2D eigenvalue weighted by Gasteiger charge is -2.18. The lowest BCUT2D eigenvalue weighted by molar-refractivity contribution is -0.135. The molecule has 2 amide bonds. The third-order valence-electron chi connectivity index (χ3n) is 4.25. The highest BCUT2D eigenvalue weighted by Gasteiger charge is 2.20. The monoisotopic (exact) mass is 299 g/mol. The summed E-state index contributed by atoms with van der Waals surface area (Å²) in [4.78, 5) is 25.5. The van der Waals surface area contributed by atoms with E-state index in [-0.39, 0.29) is 18.4 Å². The van der Waals surface area contributed by atoms with Crippen LogP contribution < -0.4 is 5.43 Å². The summed E-state index contributed by atoms with van der Waals surface area (Å²) in [5.41, 5.74) is 6.12. The van der Waals surface area contributed by atoms with E-state index in [0.29, 0.717) is 13.0 Å². The summed E-state index contributed by atoms with van der Waals surface area (Å²) in [6.45, 7) is 0.789. The van der Waals surface area contributed by atoms with Crippen LogP contribution in [0.5, 0.6) is 0 Å². The number of nitrogens with zero attached hydrogens (tertiary/aromatic N) is 2. The minimum absolute atomic E-state index is 0.0774. The van der Waals surface area contributed by atoms with Crippen LogP contribution in [0.2, 0.25) is 0 Å². The molecule has 0 saturated carbocycles. The minimum atomic E-state index is -0.210. The number of benzene rings is 1. The van der Waals surface area contributed by atoms with Gasteiger partial charge in [-0.05, 0) is 24.0 Å².